The molecule has 1 fully saturated rings. The van der Waals surface area contributed by atoms with E-state index in [2.05, 4.69) is 22.8 Å². The lowest BCUT2D eigenvalue weighted by Crippen LogP contribution is -2.45. The van der Waals surface area contributed by atoms with Crippen LogP contribution in [0, 0.1) is 0 Å². The van der Waals surface area contributed by atoms with Crippen LogP contribution in [0.3, 0.4) is 0 Å². The van der Waals surface area contributed by atoms with Gasteiger partial charge >= 0.3 is 0 Å². The topological polar surface area (TPSA) is 44.3 Å². The van der Waals surface area contributed by atoms with Crippen LogP contribution in [0.25, 0.3) is 0 Å². The van der Waals surface area contributed by atoms with Gasteiger partial charge in [0.15, 0.2) is 0 Å². The molecule has 2 atom stereocenters. The van der Waals surface area contributed by atoms with Crippen LogP contribution in [0.5, 0.6) is 0 Å². The predicted molar refractivity (Wildman–Crippen MR) is 72.5 cm³/mol. The van der Waals surface area contributed by atoms with E-state index in [9.17, 15) is 5.11 Å². The largest absolute Gasteiger partial charge is 0.394 e. The molecule has 1 aliphatic heterocycles. The van der Waals surface area contributed by atoms with Gasteiger partial charge in [-0.2, -0.15) is 0 Å². The Kier molecular flexibility index (Phi) is 6.52. The smallest absolute Gasteiger partial charge is 0.0626 e. The molecule has 17 heavy (non-hydrogen) atoms. The number of nitrogens with one attached hydrogen (secondary N) is 2. The van der Waals surface area contributed by atoms with Crippen LogP contribution in [0.2, 0.25) is 0 Å². The number of rotatable bonds is 4. The van der Waals surface area contributed by atoms with Gasteiger partial charge < -0.3 is 15.7 Å². The highest BCUT2D eigenvalue weighted by molar-refractivity contribution is 5.85. The minimum Gasteiger partial charge on any atom is -0.394 e. The van der Waals surface area contributed by atoms with Gasteiger partial charge in [-0.25, -0.2) is 0 Å². The molecular formula is C13H21ClN2O. The second kappa shape index (κ2) is 7.67. The fourth-order valence-electron chi connectivity index (χ4n) is 2.22. The number of halogens is 1. The van der Waals surface area contributed by atoms with Crippen LogP contribution in [0.1, 0.15) is 24.4 Å². The van der Waals surface area contributed by atoms with Gasteiger partial charge in [-0.15, -0.1) is 12.4 Å². The zero-order valence-corrected chi connectivity index (χ0v) is 10.7. The summed E-state index contributed by atoms with van der Waals surface area (Å²) in [6, 6.07) is 10.7. The van der Waals surface area contributed by atoms with Crippen molar-refractivity contribution in [3.05, 3.63) is 35.9 Å². The minimum atomic E-state index is 0. The Bertz CT molecular complexity index is 302. The average Bonchev–Trinajstić information content (AvgIpc) is 2.38. The number of hydrogen-bond donors (Lipinski definition) is 3. The molecule has 0 radical (unpaired) electrons. The van der Waals surface area contributed by atoms with Gasteiger partial charge in [-0.3, -0.25) is 0 Å². The maximum atomic E-state index is 9.43. The van der Waals surface area contributed by atoms with Crippen molar-refractivity contribution in [3.63, 3.8) is 0 Å². The Morgan fingerprint density at radius 3 is 2.71 bits per heavy atom. The van der Waals surface area contributed by atoms with E-state index in [0.717, 1.165) is 18.7 Å². The van der Waals surface area contributed by atoms with E-state index in [1.807, 2.05) is 18.2 Å². The summed E-state index contributed by atoms with van der Waals surface area (Å²) in [7, 11) is 0. The first-order chi connectivity index (χ1) is 7.90. The molecule has 1 aromatic carbocycles. The standard InChI is InChI=1S/C13H20N2O.ClH/c16-10-13(11-5-2-1-3-6-11)15-12-7-4-8-14-9-12;/h1-3,5-6,12-16H,4,7-10H2;1H. The number of hydrogen-bond acceptors (Lipinski definition) is 3. The van der Waals surface area contributed by atoms with Gasteiger partial charge in [-0.1, -0.05) is 30.3 Å². The van der Waals surface area contributed by atoms with Crippen LogP contribution in [-0.4, -0.2) is 30.8 Å². The first-order valence-electron chi connectivity index (χ1n) is 6.02. The molecule has 0 aromatic heterocycles. The van der Waals surface area contributed by atoms with Gasteiger partial charge in [0, 0.05) is 12.6 Å². The van der Waals surface area contributed by atoms with Crippen LogP contribution < -0.4 is 10.6 Å². The lowest BCUT2D eigenvalue weighted by Gasteiger charge is -2.28. The van der Waals surface area contributed by atoms with Crippen molar-refractivity contribution >= 4 is 12.4 Å². The van der Waals surface area contributed by atoms with Crippen molar-refractivity contribution in [2.24, 2.45) is 0 Å². The third-order valence-corrected chi connectivity index (χ3v) is 3.12. The van der Waals surface area contributed by atoms with E-state index < -0.39 is 0 Å². The molecule has 1 saturated heterocycles. The summed E-state index contributed by atoms with van der Waals surface area (Å²) in [6.07, 6.45) is 2.40. The van der Waals surface area contributed by atoms with E-state index in [-0.39, 0.29) is 25.1 Å². The Hall–Kier alpha value is -0.610. The molecule has 1 aliphatic rings. The van der Waals surface area contributed by atoms with Crippen LogP contribution in [0.4, 0.5) is 0 Å². The van der Waals surface area contributed by atoms with Crippen molar-refractivity contribution in [2.75, 3.05) is 19.7 Å². The van der Waals surface area contributed by atoms with E-state index in [1.165, 1.54) is 12.8 Å². The summed E-state index contributed by atoms with van der Waals surface area (Å²) < 4.78 is 0. The van der Waals surface area contributed by atoms with E-state index in [4.69, 9.17) is 0 Å². The highest BCUT2D eigenvalue weighted by Gasteiger charge is 2.17. The Morgan fingerprint density at radius 1 is 1.35 bits per heavy atom. The first kappa shape index (κ1) is 14.5. The van der Waals surface area contributed by atoms with Crippen molar-refractivity contribution in [2.45, 2.75) is 24.9 Å². The zero-order valence-electron chi connectivity index (χ0n) is 9.93. The lowest BCUT2D eigenvalue weighted by molar-refractivity contribution is 0.223. The maximum absolute atomic E-state index is 9.43. The van der Waals surface area contributed by atoms with Gasteiger partial charge in [0.25, 0.3) is 0 Å². The molecule has 1 aromatic rings. The number of piperidine rings is 1. The molecule has 96 valence electrons. The van der Waals surface area contributed by atoms with Crippen molar-refractivity contribution < 1.29 is 5.11 Å². The second-order valence-corrected chi connectivity index (χ2v) is 4.36. The van der Waals surface area contributed by atoms with E-state index >= 15 is 0 Å². The van der Waals surface area contributed by atoms with Gasteiger partial charge in [0.1, 0.15) is 0 Å². The summed E-state index contributed by atoms with van der Waals surface area (Å²) in [5.41, 5.74) is 1.16. The van der Waals surface area contributed by atoms with Crippen LogP contribution in [0.15, 0.2) is 30.3 Å². The molecule has 0 saturated carbocycles. The van der Waals surface area contributed by atoms with Crippen molar-refractivity contribution in [1.29, 1.82) is 0 Å². The molecule has 2 rings (SSSR count). The van der Waals surface area contributed by atoms with Gasteiger partial charge in [-0.05, 0) is 24.9 Å². The number of benzene rings is 1. The van der Waals surface area contributed by atoms with Gasteiger partial charge in [0.05, 0.1) is 12.6 Å². The average molecular weight is 257 g/mol. The monoisotopic (exact) mass is 256 g/mol. The fourth-order valence-corrected chi connectivity index (χ4v) is 2.22. The third-order valence-electron chi connectivity index (χ3n) is 3.12. The summed E-state index contributed by atoms with van der Waals surface area (Å²) >= 11 is 0. The molecule has 3 nitrogen and oxygen atoms in total. The molecule has 0 spiro atoms. The Balaban J connectivity index is 0.00000144. The van der Waals surface area contributed by atoms with Crippen LogP contribution in [-0.2, 0) is 0 Å². The summed E-state index contributed by atoms with van der Waals surface area (Å²) in [5, 5.41) is 16.3. The summed E-state index contributed by atoms with van der Waals surface area (Å²) in [4.78, 5) is 0. The third kappa shape index (κ3) is 4.28. The van der Waals surface area contributed by atoms with E-state index in [1.54, 1.807) is 0 Å². The second-order valence-electron chi connectivity index (χ2n) is 4.36. The highest BCUT2D eigenvalue weighted by atomic mass is 35.5. The molecular weight excluding hydrogens is 236 g/mol. The normalized spacial score (nSPS) is 21.6. The van der Waals surface area contributed by atoms with E-state index in [0.29, 0.717) is 6.04 Å². The fraction of sp³-hybridized carbons (Fsp3) is 0.538. The molecule has 0 amide bonds. The quantitative estimate of drug-likeness (QED) is 0.765. The number of aliphatic hydroxyl groups excluding tert-OH is 1. The van der Waals surface area contributed by atoms with Crippen LogP contribution >= 0.6 is 12.4 Å². The molecule has 4 heteroatoms. The first-order valence-corrected chi connectivity index (χ1v) is 6.02. The molecule has 0 bridgehead atoms. The maximum Gasteiger partial charge on any atom is 0.0626 e. The Labute approximate surface area is 109 Å². The summed E-state index contributed by atoms with van der Waals surface area (Å²) in [6.45, 7) is 2.27. The predicted octanol–water partition coefficient (Wildman–Crippen LogP) is 1.48. The SMILES string of the molecule is Cl.OCC(NC1CCCNC1)c1ccccc1. The van der Waals surface area contributed by atoms with Crippen molar-refractivity contribution in [3.8, 4) is 0 Å². The molecule has 2 unspecified atom stereocenters. The molecule has 1 heterocycles. The highest BCUT2D eigenvalue weighted by Crippen LogP contribution is 2.14. The number of aliphatic hydroxyl groups is 1. The molecule has 3 N–H and O–H groups in total. The zero-order chi connectivity index (χ0) is 11.2. The minimum absolute atomic E-state index is 0. The van der Waals surface area contributed by atoms with Gasteiger partial charge in [0.2, 0.25) is 0 Å². The molecule has 0 aliphatic carbocycles. The van der Waals surface area contributed by atoms with Crippen molar-refractivity contribution in [1.82, 2.24) is 10.6 Å². The lowest BCUT2D eigenvalue weighted by atomic mass is 10.0. The Morgan fingerprint density at radius 2 is 2.12 bits per heavy atom. The summed E-state index contributed by atoms with van der Waals surface area (Å²) in [5.74, 6) is 0.